The fraction of sp³-hybridized carbons (Fsp3) is 1.00. The Morgan fingerprint density at radius 3 is 1.36 bits per heavy atom. The summed E-state index contributed by atoms with van der Waals surface area (Å²) < 4.78 is 0. The van der Waals surface area contributed by atoms with E-state index >= 15 is 0 Å². The second-order valence-corrected chi connectivity index (χ2v) is 7.76. The molecule has 0 radical (unpaired) electrons. The highest BCUT2D eigenvalue weighted by Crippen LogP contribution is 2.04. The van der Waals surface area contributed by atoms with E-state index in [1.54, 1.807) is 0 Å². The smallest absolute Gasteiger partial charge is 0.0107 e. The van der Waals surface area contributed by atoms with Crippen molar-refractivity contribution in [3.8, 4) is 0 Å². The van der Waals surface area contributed by atoms with Crippen LogP contribution in [0.15, 0.2) is 0 Å². The quantitative estimate of drug-likeness (QED) is 0.413. The van der Waals surface area contributed by atoms with Crippen LogP contribution in [0.1, 0.15) is 51.4 Å². The Labute approximate surface area is 156 Å². The monoisotopic (exact) mass is 353 g/mol. The molecule has 0 spiro atoms. The van der Waals surface area contributed by atoms with Gasteiger partial charge in [-0.3, -0.25) is 0 Å². The second kappa shape index (κ2) is 14.9. The first-order valence-electron chi connectivity index (χ1n) is 11.0. The molecule has 0 aliphatic carbocycles. The Balaban J connectivity index is 1.23. The lowest BCUT2D eigenvalue weighted by Gasteiger charge is -2.27. The largest absolute Gasteiger partial charge is 0.317 e. The molecule has 0 atom stereocenters. The molecule has 25 heavy (non-hydrogen) atoms. The third-order valence-electron chi connectivity index (χ3n) is 5.58. The summed E-state index contributed by atoms with van der Waals surface area (Å²) in [4.78, 5) is 5.22. The van der Waals surface area contributed by atoms with E-state index in [1.807, 2.05) is 0 Å². The van der Waals surface area contributed by atoms with Crippen molar-refractivity contribution < 1.29 is 0 Å². The van der Waals surface area contributed by atoms with Crippen LogP contribution >= 0.6 is 0 Å². The highest BCUT2D eigenvalue weighted by molar-refractivity contribution is 4.68. The summed E-state index contributed by atoms with van der Waals surface area (Å²) in [6.45, 7) is 14.8. The van der Waals surface area contributed by atoms with Crippen molar-refractivity contribution in [2.45, 2.75) is 51.4 Å². The summed E-state index contributed by atoms with van der Waals surface area (Å²) in [5.41, 5.74) is 0. The minimum absolute atomic E-state index is 1.18. The van der Waals surface area contributed by atoms with E-state index in [9.17, 15) is 0 Å². The molecule has 2 rings (SSSR count). The number of nitrogens with zero attached hydrogens (tertiary/aromatic N) is 2. The van der Waals surface area contributed by atoms with Crippen molar-refractivity contribution in [2.75, 3.05) is 78.5 Å². The zero-order valence-corrected chi connectivity index (χ0v) is 16.5. The van der Waals surface area contributed by atoms with Crippen molar-refractivity contribution >= 4 is 0 Å². The van der Waals surface area contributed by atoms with E-state index in [0.717, 1.165) is 0 Å². The van der Waals surface area contributed by atoms with E-state index in [2.05, 4.69) is 25.8 Å². The van der Waals surface area contributed by atoms with Gasteiger partial charge in [-0.05, 0) is 51.9 Å². The van der Waals surface area contributed by atoms with Gasteiger partial charge >= 0.3 is 0 Å². The fourth-order valence-electron chi connectivity index (χ4n) is 3.87. The first kappa shape index (κ1) is 21.1. The summed E-state index contributed by atoms with van der Waals surface area (Å²) in [5, 5.41) is 10.5. The molecule has 0 bridgehead atoms. The number of hydrogen-bond donors (Lipinski definition) is 3. The molecule has 0 aromatic heterocycles. The Morgan fingerprint density at radius 1 is 0.520 bits per heavy atom. The lowest BCUT2D eigenvalue weighted by Crippen LogP contribution is -2.43. The van der Waals surface area contributed by atoms with Gasteiger partial charge in [-0.2, -0.15) is 0 Å². The average Bonchev–Trinajstić information content (AvgIpc) is 2.67. The van der Waals surface area contributed by atoms with Crippen molar-refractivity contribution in [1.29, 1.82) is 0 Å². The molecule has 0 aromatic carbocycles. The second-order valence-electron chi connectivity index (χ2n) is 7.76. The van der Waals surface area contributed by atoms with Crippen LogP contribution in [0, 0.1) is 0 Å². The Morgan fingerprint density at radius 2 is 0.920 bits per heavy atom. The van der Waals surface area contributed by atoms with Crippen LogP contribution in [-0.2, 0) is 0 Å². The molecule has 2 heterocycles. The SMILES string of the molecule is C(CCCN1CCNCC1)CCNCCCCCCN1CCNCC1. The molecule has 2 fully saturated rings. The summed E-state index contributed by atoms with van der Waals surface area (Å²) in [7, 11) is 0. The molecular weight excluding hydrogens is 310 g/mol. The van der Waals surface area contributed by atoms with Gasteiger partial charge in [-0.25, -0.2) is 0 Å². The van der Waals surface area contributed by atoms with Crippen LogP contribution in [0.3, 0.4) is 0 Å². The molecule has 148 valence electrons. The molecule has 2 saturated heterocycles. The number of unbranched alkanes of at least 4 members (excludes halogenated alkanes) is 6. The van der Waals surface area contributed by atoms with Gasteiger partial charge < -0.3 is 25.8 Å². The summed E-state index contributed by atoms with van der Waals surface area (Å²) in [6.07, 6.45) is 11.1. The molecule has 0 saturated carbocycles. The zero-order valence-electron chi connectivity index (χ0n) is 16.5. The average molecular weight is 354 g/mol. The summed E-state index contributed by atoms with van der Waals surface area (Å²) >= 11 is 0. The normalized spacial score (nSPS) is 20.2. The summed E-state index contributed by atoms with van der Waals surface area (Å²) in [5.74, 6) is 0. The van der Waals surface area contributed by atoms with Crippen LogP contribution in [0.25, 0.3) is 0 Å². The third kappa shape index (κ3) is 11.2. The number of hydrogen-bond acceptors (Lipinski definition) is 5. The maximum Gasteiger partial charge on any atom is 0.0107 e. The van der Waals surface area contributed by atoms with E-state index in [1.165, 1.54) is 130 Å². The lowest BCUT2D eigenvalue weighted by atomic mass is 10.1. The minimum atomic E-state index is 1.18. The molecule has 0 amide bonds. The molecular formula is C20H43N5. The highest BCUT2D eigenvalue weighted by Gasteiger charge is 2.08. The van der Waals surface area contributed by atoms with Gasteiger partial charge in [0.05, 0.1) is 0 Å². The van der Waals surface area contributed by atoms with E-state index in [4.69, 9.17) is 0 Å². The first-order chi connectivity index (χ1) is 12.4. The van der Waals surface area contributed by atoms with E-state index in [0.29, 0.717) is 0 Å². The lowest BCUT2D eigenvalue weighted by molar-refractivity contribution is 0.235. The van der Waals surface area contributed by atoms with Crippen molar-refractivity contribution in [1.82, 2.24) is 25.8 Å². The van der Waals surface area contributed by atoms with Crippen LogP contribution in [-0.4, -0.2) is 88.3 Å². The predicted octanol–water partition coefficient (Wildman–Crippen LogP) is 1.51. The van der Waals surface area contributed by atoms with Gasteiger partial charge in [0.2, 0.25) is 0 Å². The van der Waals surface area contributed by atoms with Crippen LogP contribution in [0.5, 0.6) is 0 Å². The fourth-order valence-corrected chi connectivity index (χ4v) is 3.87. The molecule has 2 aliphatic heterocycles. The molecule has 0 aromatic rings. The Hall–Kier alpha value is -0.200. The van der Waals surface area contributed by atoms with Crippen LogP contribution in [0.2, 0.25) is 0 Å². The highest BCUT2D eigenvalue weighted by atomic mass is 15.2. The maximum atomic E-state index is 3.63. The zero-order chi connectivity index (χ0) is 17.4. The van der Waals surface area contributed by atoms with E-state index in [-0.39, 0.29) is 0 Å². The van der Waals surface area contributed by atoms with Crippen molar-refractivity contribution in [3.05, 3.63) is 0 Å². The van der Waals surface area contributed by atoms with Crippen LogP contribution in [0.4, 0.5) is 0 Å². The number of rotatable bonds is 14. The summed E-state index contributed by atoms with van der Waals surface area (Å²) in [6, 6.07) is 0. The molecule has 0 unspecified atom stereocenters. The minimum Gasteiger partial charge on any atom is -0.317 e. The van der Waals surface area contributed by atoms with Crippen molar-refractivity contribution in [3.63, 3.8) is 0 Å². The van der Waals surface area contributed by atoms with Gasteiger partial charge in [0, 0.05) is 52.4 Å². The molecule has 2 aliphatic rings. The maximum absolute atomic E-state index is 3.63. The van der Waals surface area contributed by atoms with Gasteiger partial charge in [-0.1, -0.05) is 25.7 Å². The number of nitrogens with one attached hydrogen (secondary N) is 3. The van der Waals surface area contributed by atoms with Gasteiger partial charge in [-0.15, -0.1) is 0 Å². The molecule has 3 N–H and O–H groups in total. The van der Waals surface area contributed by atoms with Gasteiger partial charge in [0.1, 0.15) is 0 Å². The molecule has 5 heteroatoms. The van der Waals surface area contributed by atoms with E-state index < -0.39 is 0 Å². The third-order valence-corrected chi connectivity index (χ3v) is 5.58. The van der Waals surface area contributed by atoms with Crippen molar-refractivity contribution in [2.24, 2.45) is 0 Å². The van der Waals surface area contributed by atoms with Gasteiger partial charge in [0.25, 0.3) is 0 Å². The van der Waals surface area contributed by atoms with Crippen LogP contribution < -0.4 is 16.0 Å². The Bertz CT molecular complexity index is 260. The topological polar surface area (TPSA) is 42.6 Å². The molecule has 5 nitrogen and oxygen atoms in total. The first-order valence-corrected chi connectivity index (χ1v) is 11.0. The Kier molecular flexibility index (Phi) is 12.6. The van der Waals surface area contributed by atoms with Gasteiger partial charge in [0.15, 0.2) is 0 Å². The number of piperazine rings is 2. The predicted molar refractivity (Wildman–Crippen MR) is 108 cm³/mol. The standard InChI is InChI=1S/C20H43N5/c1(3-7-15-24-17-11-22-12-18-24)5-9-21-10-6-2-4-8-16-25-19-13-23-14-20-25/h21-23H,1-20H2.